The summed E-state index contributed by atoms with van der Waals surface area (Å²) < 4.78 is 33.6. The van der Waals surface area contributed by atoms with E-state index in [0.29, 0.717) is 29.6 Å². The van der Waals surface area contributed by atoms with Gasteiger partial charge in [0.05, 0.1) is 9.92 Å². The average molecular weight is 464 g/mol. The normalized spacial score (nSPS) is 11.5. The minimum atomic E-state index is -3.61. The monoisotopic (exact) mass is 463 g/mol. The van der Waals surface area contributed by atoms with Gasteiger partial charge in [-0.05, 0) is 62.3 Å². The first-order valence-electron chi connectivity index (χ1n) is 10.6. The van der Waals surface area contributed by atoms with E-state index >= 15 is 0 Å². The molecule has 2 rings (SSSR count). The first-order chi connectivity index (χ1) is 14.9. The molecular formula is C23H30ClN3O3S. The fourth-order valence-corrected chi connectivity index (χ4v) is 4.26. The van der Waals surface area contributed by atoms with Crippen molar-refractivity contribution in [2.75, 3.05) is 26.2 Å². The van der Waals surface area contributed by atoms with Crippen LogP contribution >= 0.6 is 11.6 Å². The number of ether oxygens (including phenoxy) is 1. The molecule has 0 aromatic heterocycles. The molecule has 6 nitrogen and oxygen atoms in total. The molecule has 0 aliphatic rings. The molecule has 1 N–H and O–H groups in total. The van der Waals surface area contributed by atoms with Gasteiger partial charge in [-0.25, -0.2) is 13.1 Å². The van der Waals surface area contributed by atoms with E-state index in [1.54, 1.807) is 30.3 Å². The third-order valence-corrected chi connectivity index (χ3v) is 6.62. The number of rotatable bonds is 13. The van der Waals surface area contributed by atoms with Gasteiger partial charge >= 0.3 is 0 Å². The molecule has 0 saturated heterocycles. The zero-order valence-electron chi connectivity index (χ0n) is 18.1. The third-order valence-electron chi connectivity index (χ3n) is 4.82. The molecule has 0 aliphatic carbocycles. The second-order valence-corrected chi connectivity index (χ2v) is 9.42. The van der Waals surface area contributed by atoms with E-state index in [9.17, 15) is 13.7 Å². The first-order valence-corrected chi connectivity index (χ1v) is 12.5. The van der Waals surface area contributed by atoms with Gasteiger partial charge in [0.1, 0.15) is 23.1 Å². The Labute approximate surface area is 190 Å². The van der Waals surface area contributed by atoms with Crippen molar-refractivity contribution in [3.8, 4) is 17.6 Å². The fourth-order valence-electron chi connectivity index (χ4n) is 3.03. The van der Waals surface area contributed by atoms with E-state index in [1.165, 1.54) is 12.1 Å². The maximum atomic E-state index is 12.6. The van der Waals surface area contributed by atoms with Gasteiger partial charge in [-0.15, -0.1) is 0 Å². The van der Waals surface area contributed by atoms with Gasteiger partial charge in [0.15, 0.2) is 0 Å². The second kappa shape index (κ2) is 12.7. The molecule has 0 heterocycles. The van der Waals surface area contributed by atoms with Crippen molar-refractivity contribution < 1.29 is 13.2 Å². The second-order valence-electron chi connectivity index (χ2n) is 7.24. The Morgan fingerprint density at radius 2 is 1.68 bits per heavy atom. The molecule has 168 valence electrons. The zero-order valence-corrected chi connectivity index (χ0v) is 19.7. The van der Waals surface area contributed by atoms with Crippen LogP contribution in [0.15, 0.2) is 47.4 Å². The van der Waals surface area contributed by atoms with E-state index < -0.39 is 10.0 Å². The Kier molecular flexibility index (Phi) is 10.3. The number of nitriles is 1. The summed E-state index contributed by atoms with van der Waals surface area (Å²) in [5.74, 6) is 0.742. The van der Waals surface area contributed by atoms with Crippen molar-refractivity contribution in [1.29, 1.82) is 5.26 Å². The molecule has 2 aromatic rings. The van der Waals surface area contributed by atoms with Crippen LogP contribution in [0.4, 0.5) is 0 Å². The number of nitrogens with zero attached hydrogens (tertiary/aromatic N) is 2. The van der Waals surface area contributed by atoms with Crippen LogP contribution in [-0.4, -0.2) is 39.5 Å². The van der Waals surface area contributed by atoms with E-state index in [0.717, 1.165) is 38.8 Å². The summed E-state index contributed by atoms with van der Waals surface area (Å²) in [6, 6.07) is 13.0. The standard InChI is InChI=1S/C23H30ClN3O3S/c1-3-5-15-27(16-6-4-2)17-14-26-31(28,29)20-12-10-19(11-13-20)30-23-9-7-8-22(24)21(23)18-25/h7-13,26H,3-6,14-17H2,1-2H3. The number of benzene rings is 2. The molecule has 31 heavy (non-hydrogen) atoms. The molecule has 0 atom stereocenters. The molecule has 0 spiro atoms. The molecule has 0 radical (unpaired) electrons. The predicted molar refractivity (Wildman–Crippen MR) is 124 cm³/mol. The van der Waals surface area contributed by atoms with Crippen molar-refractivity contribution in [2.24, 2.45) is 0 Å². The highest BCUT2D eigenvalue weighted by molar-refractivity contribution is 7.89. The number of halogens is 1. The number of nitrogens with one attached hydrogen (secondary N) is 1. The lowest BCUT2D eigenvalue weighted by molar-refractivity contribution is 0.269. The van der Waals surface area contributed by atoms with Crippen LogP contribution in [0.25, 0.3) is 0 Å². The first kappa shape index (κ1) is 25.2. The van der Waals surface area contributed by atoms with Gasteiger partial charge in [0, 0.05) is 13.1 Å². The minimum Gasteiger partial charge on any atom is -0.456 e. The molecule has 0 bridgehead atoms. The van der Waals surface area contributed by atoms with E-state index in [2.05, 4.69) is 23.5 Å². The van der Waals surface area contributed by atoms with Gasteiger partial charge in [0.2, 0.25) is 10.0 Å². The molecule has 0 unspecified atom stereocenters. The number of hydrogen-bond donors (Lipinski definition) is 1. The minimum absolute atomic E-state index is 0.167. The smallest absolute Gasteiger partial charge is 0.240 e. The third kappa shape index (κ3) is 7.82. The van der Waals surface area contributed by atoms with Crippen LogP contribution in [0.1, 0.15) is 45.1 Å². The number of sulfonamides is 1. The van der Waals surface area contributed by atoms with Crippen LogP contribution in [0.5, 0.6) is 11.5 Å². The summed E-state index contributed by atoms with van der Waals surface area (Å²) in [5.41, 5.74) is 0.234. The van der Waals surface area contributed by atoms with Gasteiger partial charge in [-0.1, -0.05) is 44.4 Å². The lowest BCUT2D eigenvalue weighted by atomic mass is 10.2. The Morgan fingerprint density at radius 1 is 1.03 bits per heavy atom. The number of hydrogen-bond acceptors (Lipinski definition) is 5. The van der Waals surface area contributed by atoms with Crippen LogP contribution in [0.3, 0.4) is 0 Å². The molecule has 0 amide bonds. The molecule has 0 aliphatic heterocycles. The van der Waals surface area contributed by atoms with Crippen molar-refractivity contribution in [1.82, 2.24) is 9.62 Å². The molecule has 2 aromatic carbocycles. The Hall–Kier alpha value is -2.11. The Balaban J connectivity index is 1.98. The SMILES string of the molecule is CCCCN(CCCC)CCNS(=O)(=O)c1ccc(Oc2cccc(Cl)c2C#N)cc1. The van der Waals surface area contributed by atoms with Crippen LogP contribution < -0.4 is 9.46 Å². The summed E-state index contributed by atoms with van der Waals surface area (Å²) in [6.45, 7) is 7.33. The van der Waals surface area contributed by atoms with E-state index in [1.807, 2.05) is 6.07 Å². The largest absolute Gasteiger partial charge is 0.456 e. The van der Waals surface area contributed by atoms with Gasteiger partial charge < -0.3 is 9.64 Å². The lowest BCUT2D eigenvalue weighted by Crippen LogP contribution is -2.36. The average Bonchev–Trinajstić information content (AvgIpc) is 2.76. The quantitative estimate of drug-likeness (QED) is 0.442. The van der Waals surface area contributed by atoms with Crippen LogP contribution in [-0.2, 0) is 10.0 Å². The molecule has 0 saturated carbocycles. The molecule has 8 heteroatoms. The topological polar surface area (TPSA) is 82.4 Å². The maximum absolute atomic E-state index is 12.6. The highest BCUT2D eigenvalue weighted by Gasteiger charge is 2.15. The summed E-state index contributed by atoms with van der Waals surface area (Å²) in [7, 11) is -3.61. The molecular weight excluding hydrogens is 434 g/mol. The highest BCUT2D eigenvalue weighted by atomic mass is 35.5. The Bertz CT molecular complexity index is 965. The Morgan fingerprint density at radius 3 is 2.26 bits per heavy atom. The van der Waals surface area contributed by atoms with E-state index in [4.69, 9.17) is 16.3 Å². The summed E-state index contributed by atoms with van der Waals surface area (Å²) in [6.07, 6.45) is 4.46. The molecule has 0 fully saturated rings. The van der Waals surface area contributed by atoms with Gasteiger partial charge in [0.25, 0.3) is 0 Å². The van der Waals surface area contributed by atoms with Crippen molar-refractivity contribution in [3.63, 3.8) is 0 Å². The maximum Gasteiger partial charge on any atom is 0.240 e. The van der Waals surface area contributed by atoms with E-state index in [-0.39, 0.29) is 10.5 Å². The predicted octanol–water partition coefficient (Wildman–Crippen LogP) is 5.18. The zero-order chi connectivity index (χ0) is 22.7. The lowest BCUT2D eigenvalue weighted by Gasteiger charge is -2.22. The van der Waals surface area contributed by atoms with Crippen LogP contribution in [0, 0.1) is 11.3 Å². The number of unbranched alkanes of at least 4 members (excludes halogenated alkanes) is 2. The van der Waals surface area contributed by atoms with Crippen molar-refractivity contribution in [2.45, 2.75) is 44.4 Å². The van der Waals surface area contributed by atoms with Gasteiger partial charge in [-0.2, -0.15) is 5.26 Å². The van der Waals surface area contributed by atoms with Crippen molar-refractivity contribution >= 4 is 21.6 Å². The summed E-state index contributed by atoms with van der Waals surface area (Å²) in [4.78, 5) is 2.48. The fraction of sp³-hybridized carbons (Fsp3) is 0.435. The van der Waals surface area contributed by atoms with Gasteiger partial charge in [-0.3, -0.25) is 0 Å². The van der Waals surface area contributed by atoms with Crippen LogP contribution in [0.2, 0.25) is 5.02 Å². The summed E-state index contributed by atoms with van der Waals surface area (Å²) in [5, 5.41) is 9.54. The van der Waals surface area contributed by atoms with Crippen molar-refractivity contribution in [3.05, 3.63) is 53.1 Å². The summed E-state index contributed by atoms with van der Waals surface area (Å²) >= 11 is 6.01. The highest BCUT2D eigenvalue weighted by Crippen LogP contribution is 2.30.